The van der Waals surface area contributed by atoms with Crippen molar-refractivity contribution in [2.75, 3.05) is 0 Å². The lowest BCUT2D eigenvalue weighted by molar-refractivity contribution is 0.242. The Morgan fingerprint density at radius 3 is 2.54 bits per heavy atom. The average Bonchev–Trinajstić information content (AvgIpc) is 1.98. The molecule has 0 saturated heterocycles. The first-order valence-corrected chi connectivity index (χ1v) is 5.27. The van der Waals surface area contributed by atoms with Gasteiger partial charge in [-0.05, 0) is 42.5 Å². The Bertz CT molecular complexity index is 291. The van der Waals surface area contributed by atoms with Crippen LogP contribution in [0.5, 0.6) is 5.75 Å². The lowest BCUT2D eigenvalue weighted by atomic mass is 10.3. The molecule has 0 unspecified atom stereocenters. The van der Waals surface area contributed by atoms with Crippen LogP contribution in [-0.2, 0) is 0 Å². The molecule has 0 heterocycles. The molecule has 72 valence electrons. The Balaban J connectivity index is 2.99. The van der Waals surface area contributed by atoms with Gasteiger partial charge in [0.2, 0.25) is 0 Å². The van der Waals surface area contributed by atoms with Crippen LogP contribution in [-0.4, -0.2) is 6.10 Å². The summed E-state index contributed by atoms with van der Waals surface area (Å²) in [5.74, 6) is 0.212. The van der Waals surface area contributed by atoms with E-state index in [4.69, 9.17) is 16.3 Å². The lowest BCUT2D eigenvalue weighted by Crippen LogP contribution is -2.05. The van der Waals surface area contributed by atoms with E-state index in [0.717, 1.165) is 0 Å². The molecule has 1 aromatic rings. The van der Waals surface area contributed by atoms with E-state index in [1.807, 2.05) is 36.4 Å². The van der Waals surface area contributed by atoms with E-state index in [9.17, 15) is 4.39 Å². The van der Waals surface area contributed by atoms with E-state index >= 15 is 0 Å². The van der Waals surface area contributed by atoms with Crippen LogP contribution in [0.1, 0.15) is 13.8 Å². The normalized spacial score (nSPS) is 10.6. The fourth-order valence-corrected chi connectivity index (χ4v) is 1.84. The molecule has 0 amide bonds. The highest BCUT2D eigenvalue weighted by Gasteiger charge is 2.08. The molecule has 0 atom stereocenters. The van der Waals surface area contributed by atoms with Crippen LogP contribution in [0.3, 0.4) is 0 Å². The second-order valence-corrected chi connectivity index (χ2v) is 4.44. The van der Waals surface area contributed by atoms with Crippen molar-refractivity contribution in [3.05, 3.63) is 26.5 Å². The summed E-state index contributed by atoms with van der Waals surface area (Å²) in [5.41, 5.74) is 0. The van der Waals surface area contributed by atoms with E-state index in [2.05, 4.69) is 0 Å². The first kappa shape index (κ1) is 11.0. The smallest absolute Gasteiger partial charge is 0.155 e. The Morgan fingerprint density at radius 2 is 2.08 bits per heavy atom. The minimum absolute atomic E-state index is 0.0670. The maximum atomic E-state index is 13.1. The van der Waals surface area contributed by atoms with Crippen LogP contribution in [0, 0.1) is 9.39 Å². The van der Waals surface area contributed by atoms with Crippen molar-refractivity contribution in [1.29, 1.82) is 0 Å². The molecule has 0 aliphatic carbocycles. The third-order valence-corrected chi connectivity index (χ3v) is 2.39. The molecular weight excluding hydrogens is 305 g/mol. The van der Waals surface area contributed by atoms with Crippen LogP contribution in [0.4, 0.5) is 4.39 Å². The topological polar surface area (TPSA) is 9.23 Å². The third kappa shape index (κ3) is 2.98. The molecule has 1 rings (SSSR count). The molecule has 0 N–H and O–H groups in total. The summed E-state index contributed by atoms with van der Waals surface area (Å²) >= 11 is 7.53. The van der Waals surface area contributed by atoms with E-state index in [0.29, 0.717) is 9.32 Å². The molecule has 1 aromatic carbocycles. The van der Waals surface area contributed by atoms with Crippen molar-refractivity contribution >= 4 is 34.2 Å². The van der Waals surface area contributed by atoms with Crippen LogP contribution in [0.2, 0.25) is 5.02 Å². The minimum Gasteiger partial charge on any atom is -0.491 e. The first-order valence-electron chi connectivity index (χ1n) is 3.82. The molecule has 13 heavy (non-hydrogen) atoms. The first-order chi connectivity index (χ1) is 6.00. The molecule has 0 aliphatic rings. The predicted octanol–water partition coefficient (Wildman–Crippen LogP) is 3.87. The minimum atomic E-state index is -0.390. The maximum Gasteiger partial charge on any atom is 0.155 e. The van der Waals surface area contributed by atoms with Crippen molar-refractivity contribution in [3.8, 4) is 5.75 Å². The van der Waals surface area contributed by atoms with Crippen LogP contribution in [0.25, 0.3) is 0 Å². The van der Waals surface area contributed by atoms with Gasteiger partial charge in [-0.1, -0.05) is 11.6 Å². The van der Waals surface area contributed by atoms with Gasteiger partial charge >= 0.3 is 0 Å². The Morgan fingerprint density at radius 1 is 1.46 bits per heavy atom. The predicted molar refractivity (Wildman–Crippen MR) is 59.9 cm³/mol. The Labute approximate surface area is 95.4 Å². The number of ether oxygens (including phenoxy) is 1. The molecule has 0 bridgehead atoms. The van der Waals surface area contributed by atoms with Gasteiger partial charge in [0.15, 0.2) is 5.82 Å². The van der Waals surface area contributed by atoms with Gasteiger partial charge in [0.05, 0.1) is 14.7 Å². The van der Waals surface area contributed by atoms with Crippen molar-refractivity contribution in [2.45, 2.75) is 20.0 Å². The summed E-state index contributed by atoms with van der Waals surface area (Å²) in [6, 6.07) is 3.11. The zero-order chi connectivity index (χ0) is 10.0. The molecule has 1 nitrogen and oxygen atoms in total. The fraction of sp³-hybridized carbons (Fsp3) is 0.333. The maximum absolute atomic E-state index is 13.1. The third-order valence-electron chi connectivity index (χ3n) is 1.33. The molecule has 0 aliphatic heterocycles. The molecule has 4 heteroatoms. The van der Waals surface area contributed by atoms with Crippen LogP contribution < -0.4 is 4.74 Å². The van der Waals surface area contributed by atoms with Crippen LogP contribution >= 0.6 is 34.2 Å². The lowest BCUT2D eigenvalue weighted by Gasteiger charge is -2.10. The molecule has 0 saturated carbocycles. The quantitative estimate of drug-likeness (QED) is 0.595. The molecule has 0 spiro atoms. The summed E-state index contributed by atoms with van der Waals surface area (Å²) < 4.78 is 18.9. The number of benzene rings is 1. The second-order valence-electron chi connectivity index (χ2n) is 2.87. The number of rotatable bonds is 2. The van der Waals surface area contributed by atoms with Gasteiger partial charge in [0.1, 0.15) is 5.75 Å². The van der Waals surface area contributed by atoms with Crippen molar-refractivity contribution in [3.63, 3.8) is 0 Å². The number of halogens is 3. The molecule has 0 fully saturated rings. The van der Waals surface area contributed by atoms with Crippen molar-refractivity contribution in [2.24, 2.45) is 0 Å². The van der Waals surface area contributed by atoms with Crippen molar-refractivity contribution in [1.82, 2.24) is 0 Å². The Hall–Kier alpha value is -0.0300. The monoisotopic (exact) mass is 314 g/mol. The van der Waals surface area contributed by atoms with Gasteiger partial charge < -0.3 is 4.74 Å². The van der Waals surface area contributed by atoms with Gasteiger partial charge in [0.25, 0.3) is 0 Å². The zero-order valence-corrected chi connectivity index (χ0v) is 10.2. The average molecular weight is 315 g/mol. The molecule has 0 aromatic heterocycles. The second kappa shape index (κ2) is 4.46. The number of hydrogen-bond acceptors (Lipinski definition) is 1. The summed E-state index contributed by atoms with van der Waals surface area (Å²) in [6.07, 6.45) is 0.0670. The molecular formula is C9H9ClFIO. The highest BCUT2D eigenvalue weighted by molar-refractivity contribution is 14.1. The summed E-state index contributed by atoms with van der Waals surface area (Å²) in [4.78, 5) is 0. The highest BCUT2D eigenvalue weighted by atomic mass is 127. The SMILES string of the molecule is CC(C)Oc1cc(Cl)c(F)c(I)c1. The van der Waals surface area contributed by atoms with Crippen molar-refractivity contribution < 1.29 is 9.13 Å². The van der Waals surface area contributed by atoms with Gasteiger partial charge in [-0.25, -0.2) is 4.39 Å². The number of hydrogen-bond donors (Lipinski definition) is 0. The van der Waals surface area contributed by atoms with E-state index in [1.165, 1.54) is 6.07 Å². The largest absolute Gasteiger partial charge is 0.491 e. The highest BCUT2D eigenvalue weighted by Crippen LogP contribution is 2.26. The summed E-state index contributed by atoms with van der Waals surface area (Å²) in [5, 5.41) is 0.0996. The summed E-state index contributed by atoms with van der Waals surface area (Å²) in [6.45, 7) is 3.81. The van der Waals surface area contributed by atoms with Gasteiger partial charge in [-0.15, -0.1) is 0 Å². The summed E-state index contributed by atoms with van der Waals surface area (Å²) in [7, 11) is 0. The van der Waals surface area contributed by atoms with Crippen LogP contribution in [0.15, 0.2) is 12.1 Å². The van der Waals surface area contributed by atoms with Gasteiger partial charge in [0, 0.05) is 6.07 Å². The molecule has 0 radical (unpaired) electrons. The van der Waals surface area contributed by atoms with Gasteiger partial charge in [-0.3, -0.25) is 0 Å². The zero-order valence-electron chi connectivity index (χ0n) is 7.27. The van der Waals surface area contributed by atoms with E-state index in [1.54, 1.807) is 6.07 Å². The van der Waals surface area contributed by atoms with E-state index in [-0.39, 0.29) is 11.1 Å². The Kier molecular flexibility index (Phi) is 3.79. The standard InChI is InChI=1S/C9H9ClFIO/c1-5(2)13-6-3-7(10)9(11)8(12)4-6/h3-5H,1-2H3. The fourth-order valence-electron chi connectivity index (χ4n) is 0.872. The van der Waals surface area contributed by atoms with Gasteiger partial charge in [-0.2, -0.15) is 0 Å². The van der Waals surface area contributed by atoms with E-state index < -0.39 is 5.82 Å².